The molecule has 14 heavy (non-hydrogen) atoms. The molecule has 0 aliphatic carbocycles. The van der Waals surface area contributed by atoms with Gasteiger partial charge in [-0.3, -0.25) is 0 Å². The third-order valence-corrected chi connectivity index (χ3v) is 1.86. The van der Waals surface area contributed by atoms with E-state index in [1.807, 2.05) is 0 Å². The van der Waals surface area contributed by atoms with Crippen LogP contribution in [0.25, 0.3) is 0 Å². The first kappa shape index (κ1) is 10.9. The van der Waals surface area contributed by atoms with Gasteiger partial charge >= 0.3 is 6.18 Å². The number of hydrogen-bond acceptors (Lipinski definition) is 1. The van der Waals surface area contributed by atoms with Crippen LogP contribution in [0.3, 0.4) is 0 Å². The Morgan fingerprint density at radius 1 is 1.21 bits per heavy atom. The molecule has 0 fully saturated rings. The number of phenolic OH excluding ortho intramolecular Hbond substituents is 1. The van der Waals surface area contributed by atoms with Crippen molar-refractivity contribution < 1.29 is 18.3 Å². The number of phenols is 1. The third kappa shape index (κ3) is 2.00. The second-order valence-corrected chi connectivity index (χ2v) is 3.20. The maximum Gasteiger partial charge on any atom is 0.420 e. The van der Waals surface area contributed by atoms with Gasteiger partial charge in [-0.2, -0.15) is 13.2 Å². The average molecular weight is 203 g/mol. The SMILES string of the molecule is C[C](C)c1cccc(O)c1C(F)(F)F. The molecule has 0 amide bonds. The fraction of sp³-hybridized carbons (Fsp3) is 0.300. The highest BCUT2D eigenvalue weighted by molar-refractivity contribution is 5.47. The molecule has 0 unspecified atom stereocenters. The minimum absolute atomic E-state index is 0.0394. The van der Waals surface area contributed by atoms with E-state index in [-0.39, 0.29) is 5.56 Å². The summed E-state index contributed by atoms with van der Waals surface area (Å²) < 4.78 is 37.5. The quantitative estimate of drug-likeness (QED) is 0.741. The number of benzene rings is 1. The second kappa shape index (κ2) is 3.52. The number of hydrogen-bond donors (Lipinski definition) is 1. The number of halogens is 3. The van der Waals surface area contributed by atoms with Crippen LogP contribution in [0.4, 0.5) is 13.2 Å². The Hall–Kier alpha value is -1.19. The van der Waals surface area contributed by atoms with Gasteiger partial charge in [-0.15, -0.1) is 0 Å². The van der Waals surface area contributed by atoms with E-state index in [9.17, 15) is 13.2 Å². The van der Waals surface area contributed by atoms with Crippen molar-refractivity contribution in [3.63, 3.8) is 0 Å². The maximum atomic E-state index is 12.5. The second-order valence-electron chi connectivity index (χ2n) is 3.20. The van der Waals surface area contributed by atoms with Crippen LogP contribution in [-0.4, -0.2) is 5.11 Å². The van der Waals surface area contributed by atoms with Crippen LogP contribution in [0.15, 0.2) is 18.2 Å². The minimum Gasteiger partial charge on any atom is -0.507 e. The lowest BCUT2D eigenvalue weighted by Crippen LogP contribution is -2.10. The van der Waals surface area contributed by atoms with Gasteiger partial charge in [-0.1, -0.05) is 26.0 Å². The van der Waals surface area contributed by atoms with E-state index in [1.54, 1.807) is 13.8 Å². The van der Waals surface area contributed by atoms with Crippen molar-refractivity contribution >= 4 is 0 Å². The fourth-order valence-corrected chi connectivity index (χ4v) is 1.25. The lowest BCUT2D eigenvalue weighted by atomic mass is 9.96. The Kier molecular flexibility index (Phi) is 2.73. The van der Waals surface area contributed by atoms with E-state index in [2.05, 4.69) is 0 Å². The van der Waals surface area contributed by atoms with Crippen LogP contribution in [-0.2, 0) is 6.18 Å². The molecule has 77 valence electrons. The maximum absolute atomic E-state index is 12.5. The smallest absolute Gasteiger partial charge is 0.420 e. The molecular weight excluding hydrogens is 193 g/mol. The molecule has 1 aromatic carbocycles. The Morgan fingerprint density at radius 2 is 1.79 bits per heavy atom. The Morgan fingerprint density at radius 3 is 2.14 bits per heavy atom. The number of aromatic hydroxyl groups is 1. The van der Waals surface area contributed by atoms with Gasteiger partial charge in [-0.05, 0) is 17.5 Å². The standard InChI is InChI=1S/C10H10F3O/c1-6(2)7-4-3-5-8(14)9(7)10(11,12)13/h3-5,14H,1-2H3. The van der Waals surface area contributed by atoms with Crippen molar-refractivity contribution in [2.75, 3.05) is 0 Å². The van der Waals surface area contributed by atoms with Crippen molar-refractivity contribution in [3.8, 4) is 5.75 Å². The molecule has 0 aromatic heterocycles. The molecule has 1 radical (unpaired) electrons. The van der Waals surface area contributed by atoms with E-state index >= 15 is 0 Å². The summed E-state index contributed by atoms with van der Waals surface area (Å²) in [7, 11) is 0. The van der Waals surface area contributed by atoms with Gasteiger partial charge in [0.15, 0.2) is 0 Å². The van der Waals surface area contributed by atoms with Crippen LogP contribution < -0.4 is 0 Å². The predicted octanol–water partition coefficient (Wildman–Crippen LogP) is 3.37. The molecule has 1 aromatic rings. The van der Waals surface area contributed by atoms with Crippen LogP contribution >= 0.6 is 0 Å². The molecule has 0 atom stereocenters. The molecule has 0 saturated carbocycles. The zero-order valence-corrected chi connectivity index (χ0v) is 7.81. The topological polar surface area (TPSA) is 20.2 Å². The Balaban J connectivity index is 3.38. The van der Waals surface area contributed by atoms with E-state index in [0.717, 1.165) is 6.07 Å². The van der Waals surface area contributed by atoms with Gasteiger partial charge in [0.25, 0.3) is 0 Å². The first-order valence-electron chi connectivity index (χ1n) is 4.03. The summed E-state index contributed by atoms with van der Waals surface area (Å²) in [6.45, 7) is 3.15. The zero-order chi connectivity index (χ0) is 10.9. The Labute approximate surface area is 80.2 Å². The fourth-order valence-electron chi connectivity index (χ4n) is 1.25. The monoisotopic (exact) mass is 203 g/mol. The van der Waals surface area contributed by atoms with Crippen molar-refractivity contribution in [3.05, 3.63) is 35.2 Å². The van der Waals surface area contributed by atoms with Gasteiger partial charge < -0.3 is 5.11 Å². The van der Waals surface area contributed by atoms with Gasteiger partial charge in [-0.25, -0.2) is 0 Å². The van der Waals surface area contributed by atoms with Crippen LogP contribution in [0.2, 0.25) is 0 Å². The first-order valence-corrected chi connectivity index (χ1v) is 4.03. The molecule has 0 spiro atoms. The molecule has 1 nitrogen and oxygen atoms in total. The Bertz CT molecular complexity index is 329. The van der Waals surface area contributed by atoms with Gasteiger partial charge in [0.1, 0.15) is 11.3 Å². The average Bonchev–Trinajstić information content (AvgIpc) is 2.01. The highest BCUT2D eigenvalue weighted by Crippen LogP contribution is 2.40. The normalized spacial score (nSPS) is 12.1. The highest BCUT2D eigenvalue weighted by atomic mass is 19.4. The minimum atomic E-state index is -4.52. The third-order valence-electron chi connectivity index (χ3n) is 1.86. The summed E-state index contributed by atoms with van der Waals surface area (Å²) >= 11 is 0. The summed E-state index contributed by atoms with van der Waals surface area (Å²) in [5.41, 5.74) is -0.919. The highest BCUT2D eigenvalue weighted by Gasteiger charge is 2.36. The molecular formula is C10H10F3O. The number of rotatable bonds is 1. The van der Waals surface area contributed by atoms with Gasteiger partial charge in [0, 0.05) is 0 Å². The number of alkyl halides is 3. The van der Waals surface area contributed by atoms with E-state index in [0.29, 0.717) is 5.92 Å². The van der Waals surface area contributed by atoms with Gasteiger partial charge in [0.05, 0.1) is 0 Å². The van der Waals surface area contributed by atoms with Crippen LogP contribution in [0.5, 0.6) is 5.75 Å². The largest absolute Gasteiger partial charge is 0.507 e. The van der Waals surface area contributed by atoms with Crippen molar-refractivity contribution in [2.45, 2.75) is 20.0 Å². The summed E-state index contributed by atoms with van der Waals surface area (Å²) in [6.07, 6.45) is -4.52. The lowest BCUT2D eigenvalue weighted by Gasteiger charge is -2.16. The lowest BCUT2D eigenvalue weighted by molar-refractivity contribution is -0.139. The van der Waals surface area contributed by atoms with E-state index in [1.165, 1.54) is 12.1 Å². The predicted molar refractivity (Wildman–Crippen MR) is 46.8 cm³/mol. The molecule has 0 aliphatic rings. The zero-order valence-electron chi connectivity index (χ0n) is 7.81. The molecule has 0 heterocycles. The van der Waals surface area contributed by atoms with Crippen molar-refractivity contribution in [1.29, 1.82) is 0 Å². The molecule has 0 bridgehead atoms. The summed E-state index contributed by atoms with van der Waals surface area (Å²) in [4.78, 5) is 0. The molecule has 4 heteroatoms. The van der Waals surface area contributed by atoms with Crippen LogP contribution in [0.1, 0.15) is 25.0 Å². The summed E-state index contributed by atoms with van der Waals surface area (Å²) in [5.74, 6) is -0.204. The summed E-state index contributed by atoms with van der Waals surface area (Å²) in [5, 5.41) is 9.14. The summed E-state index contributed by atoms with van der Waals surface area (Å²) in [6, 6.07) is 3.78. The molecule has 1 rings (SSSR count). The molecule has 0 aliphatic heterocycles. The van der Waals surface area contributed by atoms with Gasteiger partial charge in [0.2, 0.25) is 0 Å². The molecule has 0 saturated heterocycles. The van der Waals surface area contributed by atoms with Crippen LogP contribution in [0, 0.1) is 5.92 Å². The van der Waals surface area contributed by atoms with Crippen molar-refractivity contribution in [1.82, 2.24) is 0 Å². The van der Waals surface area contributed by atoms with Crippen molar-refractivity contribution in [2.24, 2.45) is 0 Å². The molecule has 1 N–H and O–H groups in total. The first-order chi connectivity index (χ1) is 6.34. The van der Waals surface area contributed by atoms with E-state index < -0.39 is 17.5 Å². The van der Waals surface area contributed by atoms with E-state index in [4.69, 9.17) is 5.11 Å².